The van der Waals surface area contributed by atoms with Crippen molar-refractivity contribution in [2.45, 2.75) is 19.4 Å². The molecule has 0 bridgehead atoms. The Morgan fingerprint density at radius 3 is 2.38 bits per heavy atom. The molecule has 3 aromatic rings. The van der Waals surface area contributed by atoms with Crippen molar-refractivity contribution in [3.63, 3.8) is 0 Å². The zero-order chi connectivity index (χ0) is 18.4. The number of para-hydroxylation sites is 1. The Morgan fingerprint density at radius 2 is 1.65 bits per heavy atom. The van der Waals surface area contributed by atoms with E-state index in [0.29, 0.717) is 11.3 Å². The van der Waals surface area contributed by atoms with Crippen LogP contribution in [0.2, 0.25) is 0 Å². The van der Waals surface area contributed by atoms with Gasteiger partial charge in [0.15, 0.2) is 5.76 Å². The van der Waals surface area contributed by atoms with E-state index in [0.717, 1.165) is 12.0 Å². The molecule has 3 rings (SSSR count). The molecule has 1 heterocycles. The number of carbonyl (C=O) groups is 2. The van der Waals surface area contributed by atoms with E-state index in [-0.39, 0.29) is 17.7 Å². The highest BCUT2D eigenvalue weighted by Gasteiger charge is 2.17. The number of benzene rings is 2. The number of nitrogens with one attached hydrogen (secondary N) is 2. The Kier molecular flexibility index (Phi) is 5.49. The predicted octanol–water partition coefficient (Wildman–Crippen LogP) is 3.89. The number of amides is 2. The molecule has 2 aromatic carbocycles. The monoisotopic (exact) mass is 348 g/mol. The van der Waals surface area contributed by atoms with Gasteiger partial charge < -0.3 is 15.1 Å². The second kappa shape index (κ2) is 8.16. The SMILES string of the molecule is CC(Cc1ccccc1)NC(=O)c1ccccc1NC(=O)c1ccco1. The molecule has 0 radical (unpaired) electrons. The standard InChI is InChI=1S/C21H20N2O3/c1-15(14-16-8-3-2-4-9-16)22-20(24)17-10-5-6-11-18(17)23-21(25)19-12-7-13-26-19/h2-13,15H,14H2,1H3,(H,22,24)(H,23,25). The fourth-order valence-electron chi connectivity index (χ4n) is 2.70. The average molecular weight is 348 g/mol. The molecule has 0 saturated heterocycles. The van der Waals surface area contributed by atoms with Crippen LogP contribution >= 0.6 is 0 Å². The second-order valence-electron chi connectivity index (χ2n) is 6.04. The molecule has 2 amide bonds. The van der Waals surface area contributed by atoms with Gasteiger partial charge in [-0.15, -0.1) is 0 Å². The zero-order valence-corrected chi connectivity index (χ0v) is 14.4. The van der Waals surface area contributed by atoms with Gasteiger partial charge >= 0.3 is 0 Å². The molecule has 132 valence electrons. The van der Waals surface area contributed by atoms with Crippen molar-refractivity contribution in [1.29, 1.82) is 0 Å². The van der Waals surface area contributed by atoms with E-state index in [1.807, 2.05) is 37.3 Å². The maximum Gasteiger partial charge on any atom is 0.291 e. The maximum absolute atomic E-state index is 12.6. The molecular formula is C21H20N2O3. The largest absolute Gasteiger partial charge is 0.459 e. The van der Waals surface area contributed by atoms with Crippen molar-refractivity contribution in [2.24, 2.45) is 0 Å². The third-order valence-electron chi connectivity index (χ3n) is 3.93. The van der Waals surface area contributed by atoms with Gasteiger partial charge in [-0.05, 0) is 43.2 Å². The molecule has 5 heteroatoms. The van der Waals surface area contributed by atoms with Gasteiger partial charge in [-0.2, -0.15) is 0 Å². The van der Waals surface area contributed by atoms with Gasteiger partial charge in [0.2, 0.25) is 0 Å². The summed E-state index contributed by atoms with van der Waals surface area (Å²) in [5.74, 6) is -0.436. The fraction of sp³-hybridized carbons (Fsp3) is 0.143. The first-order valence-corrected chi connectivity index (χ1v) is 8.42. The topological polar surface area (TPSA) is 71.3 Å². The van der Waals surface area contributed by atoms with Crippen LogP contribution in [-0.2, 0) is 6.42 Å². The molecule has 0 aliphatic rings. The molecule has 1 aromatic heterocycles. The predicted molar refractivity (Wildman–Crippen MR) is 100 cm³/mol. The van der Waals surface area contributed by atoms with E-state index in [4.69, 9.17) is 4.42 Å². The van der Waals surface area contributed by atoms with Crippen molar-refractivity contribution in [3.8, 4) is 0 Å². The van der Waals surface area contributed by atoms with Gasteiger partial charge in [0, 0.05) is 6.04 Å². The highest BCUT2D eigenvalue weighted by Crippen LogP contribution is 2.17. The number of anilines is 1. The van der Waals surface area contributed by atoms with Crippen LogP contribution in [0.15, 0.2) is 77.4 Å². The molecule has 1 atom stereocenters. The minimum Gasteiger partial charge on any atom is -0.459 e. The summed E-state index contributed by atoms with van der Waals surface area (Å²) < 4.78 is 5.09. The van der Waals surface area contributed by atoms with Crippen LogP contribution in [0.1, 0.15) is 33.4 Å². The Bertz CT molecular complexity index is 873. The molecular weight excluding hydrogens is 328 g/mol. The van der Waals surface area contributed by atoms with Crippen LogP contribution in [0.4, 0.5) is 5.69 Å². The Hall–Kier alpha value is -3.34. The average Bonchev–Trinajstić information content (AvgIpc) is 3.17. The molecule has 0 saturated carbocycles. The van der Waals surface area contributed by atoms with Crippen molar-refractivity contribution >= 4 is 17.5 Å². The van der Waals surface area contributed by atoms with Gasteiger partial charge in [0.05, 0.1) is 17.5 Å². The quantitative estimate of drug-likeness (QED) is 0.710. The highest BCUT2D eigenvalue weighted by molar-refractivity contribution is 6.07. The van der Waals surface area contributed by atoms with Crippen LogP contribution in [0.25, 0.3) is 0 Å². The summed E-state index contributed by atoms with van der Waals surface area (Å²) >= 11 is 0. The Labute approximate surface area is 152 Å². The van der Waals surface area contributed by atoms with Gasteiger partial charge in [0.1, 0.15) is 0 Å². The van der Waals surface area contributed by atoms with E-state index in [1.165, 1.54) is 6.26 Å². The Balaban J connectivity index is 1.68. The molecule has 1 unspecified atom stereocenters. The van der Waals surface area contributed by atoms with Crippen LogP contribution in [0.5, 0.6) is 0 Å². The first-order valence-electron chi connectivity index (χ1n) is 8.42. The number of hydrogen-bond donors (Lipinski definition) is 2. The van der Waals surface area contributed by atoms with Crippen LogP contribution in [0, 0.1) is 0 Å². The number of carbonyl (C=O) groups excluding carboxylic acids is 2. The molecule has 5 nitrogen and oxygen atoms in total. The van der Waals surface area contributed by atoms with Crippen molar-refractivity contribution < 1.29 is 14.0 Å². The lowest BCUT2D eigenvalue weighted by Gasteiger charge is -2.16. The summed E-state index contributed by atoms with van der Waals surface area (Å²) in [7, 11) is 0. The van der Waals surface area contributed by atoms with Crippen LogP contribution in [0.3, 0.4) is 0 Å². The molecule has 0 aliphatic heterocycles. The van der Waals surface area contributed by atoms with E-state index in [1.54, 1.807) is 36.4 Å². The summed E-state index contributed by atoms with van der Waals surface area (Å²) in [6, 6.07) is 20.0. The molecule has 2 N–H and O–H groups in total. The first kappa shape index (κ1) is 17.5. The van der Waals surface area contributed by atoms with Crippen molar-refractivity contribution in [2.75, 3.05) is 5.32 Å². The molecule has 0 fully saturated rings. The molecule has 26 heavy (non-hydrogen) atoms. The number of hydrogen-bond acceptors (Lipinski definition) is 3. The smallest absolute Gasteiger partial charge is 0.291 e. The van der Waals surface area contributed by atoms with Gasteiger partial charge in [-0.1, -0.05) is 42.5 Å². The minimum absolute atomic E-state index is 0.0428. The van der Waals surface area contributed by atoms with E-state index >= 15 is 0 Å². The van der Waals surface area contributed by atoms with Crippen molar-refractivity contribution in [1.82, 2.24) is 5.32 Å². The normalized spacial score (nSPS) is 11.6. The maximum atomic E-state index is 12.6. The van der Waals surface area contributed by atoms with Crippen molar-refractivity contribution in [3.05, 3.63) is 89.9 Å². The summed E-state index contributed by atoms with van der Waals surface area (Å²) in [6.45, 7) is 1.95. The summed E-state index contributed by atoms with van der Waals surface area (Å²) in [6.07, 6.45) is 2.16. The number of furan rings is 1. The zero-order valence-electron chi connectivity index (χ0n) is 14.4. The minimum atomic E-state index is -0.396. The lowest BCUT2D eigenvalue weighted by molar-refractivity contribution is 0.0941. The summed E-state index contributed by atoms with van der Waals surface area (Å²) in [4.78, 5) is 24.8. The van der Waals surface area contributed by atoms with Gasteiger partial charge in [-0.3, -0.25) is 9.59 Å². The number of rotatable bonds is 6. The molecule has 0 aliphatic carbocycles. The van der Waals surface area contributed by atoms with Crippen LogP contribution in [-0.4, -0.2) is 17.9 Å². The van der Waals surface area contributed by atoms with E-state index in [9.17, 15) is 9.59 Å². The van der Waals surface area contributed by atoms with Crippen LogP contribution < -0.4 is 10.6 Å². The lowest BCUT2D eigenvalue weighted by atomic mass is 10.1. The third kappa shape index (κ3) is 4.39. The van der Waals surface area contributed by atoms with Gasteiger partial charge in [0.25, 0.3) is 11.8 Å². The Morgan fingerprint density at radius 1 is 0.923 bits per heavy atom. The van der Waals surface area contributed by atoms with E-state index < -0.39 is 5.91 Å². The summed E-state index contributed by atoms with van der Waals surface area (Å²) in [5, 5.41) is 5.70. The molecule has 0 spiro atoms. The fourth-order valence-corrected chi connectivity index (χ4v) is 2.70. The van der Waals surface area contributed by atoms with Gasteiger partial charge in [-0.25, -0.2) is 0 Å². The lowest BCUT2D eigenvalue weighted by Crippen LogP contribution is -2.34. The first-order chi connectivity index (χ1) is 12.6. The highest BCUT2D eigenvalue weighted by atomic mass is 16.3. The summed E-state index contributed by atoms with van der Waals surface area (Å²) in [5.41, 5.74) is 2.00. The second-order valence-corrected chi connectivity index (χ2v) is 6.04. The van der Waals surface area contributed by atoms with E-state index in [2.05, 4.69) is 10.6 Å². The third-order valence-corrected chi connectivity index (χ3v) is 3.93.